The SMILES string of the molecule is CC(C)c1ccccc1Nc1ccnc(Nc2cccc3cccnc23)n1. The van der Waals surface area contributed by atoms with Crippen LogP contribution in [0.1, 0.15) is 25.3 Å². The van der Waals surface area contributed by atoms with Crippen molar-refractivity contribution in [2.75, 3.05) is 10.6 Å². The van der Waals surface area contributed by atoms with Crippen molar-refractivity contribution in [3.8, 4) is 0 Å². The first-order chi connectivity index (χ1) is 13.2. The minimum Gasteiger partial charge on any atom is -0.340 e. The molecule has 4 rings (SSSR count). The maximum Gasteiger partial charge on any atom is 0.229 e. The van der Waals surface area contributed by atoms with Crippen LogP contribution >= 0.6 is 0 Å². The van der Waals surface area contributed by atoms with Gasteiger partial charge in [0, 0.05) is 23.5 Å². The number of fused-ring (bicyclic) bond motifs is 1. The Labute approximate surface area is 158 Å². The summed E-state index contributed by atoms with van der Waals surface area (Å²) >= 11 is 0. The van der Waals surface area contributed by atoms with Crippen molar-refractivity contribution in [1.82, 2.24) is 15.0 Å². The molecule has 0 unspecified atom stereocenters. The summed E-state index contributed by atoms with van der Waals surface area (Å²) in [5.41, 5.74) is 4.09. The number of nitrogens with one attached hydrogen (secondary N) is 2. The zero-order valence-electron chi connectivity index (χ0n) is 15.3. The van der Waals surface area contributed by atoms with E-state index in [9.17, 15) is 0 Å². The number of anilines is 4. The van der Waals surface area contributed by atoms with Crippen molar-refractivity contribution >= 4 is 34.0 Å². The lowest BCUT2D eigenvalue weighted by atomic mass is 10.0. The second-order valence-electron chi connectivity index (χ2n) is 6.64. The van der Waals surface area contributed by atoms with E-state index in [0.29, 0.717) is 11.9 Å². The molecule has 4 aromatic rings. The van der Waals surface area contributed by atoms with E-state index in [4.69, 9.17) is 0 Å². The summed E-state index contributed by atoms with van der Waals surface area (Å²) < 4.78 is 0. The van der Waals surface area contributed by atoms with Gasteiger partial charge in [-0.3, -0.25) is 4.98 Å². The molecular weight excluding hydrogens is 334 g/mol. The highest BCUT2D eigenvalue weighted by atomic mass is 15.1. The molecule has 0 fully saturated rings. The fourth-order valence-electron chi connectivity index (χ4n) is 3.07. The smallest absolute Gasteiger partial charge is 0.229 e. The molecule has 0 bridgehead atoms. The predicted molar refractivity (Wildman–Crippen MR) is 111 cm³/mol. The maximum absolute atomic E-state index is 4.61. The average molecular weight is 355 g/mol. The summed E-state index contributed by atoms with van der Waals surface area (Å²) in [6.07, 6.45) is 3.53. The third-order valence-electron chi connectivity index (χ3n) is 4.38. The number of aromatic nitrogens is 3. The van der Waals surface area contributed by atoms with Crippen molar-refractivity contribution in [1.29, 1.82) is 0 Å². The summed E-state index contributed by atoms with van der Waals surface area (Å²) in [5.74, 6) is 1.70. The molecule has 0 amide bonds. The number of benzene rings is 2. The Kier molecular flexibility index (Phi) is 4.66. The lowest BCUT2D eigenvalue weighted by Crippen LogP contribution is -2.03. The number of nitrogens with zero attached hydrogens (tertiary/aromatic N) is 3. The van der Waals surface area contributed by atoms with Crippen LogP contribution in [-0.2, 0) is 0 Å². The van der Waals surface area contributed by atoms with Gasteiger partial charge in [-0.15, -0.1) is 0 Å². The molecule has 0 spiro atoms. The molecule has 5 heteroatoms. The van der Waals surface area contributed by atoms with Gasteiger partial charge in [0.1, 0.15) is 5.82 Å². The zero-order valence-corrected chi connectivity index (χ0v) is 15.3. The Morgan fingerprint density at radius 2 is 1.56 bits per heavy atom. The Morgan fingerprint density at radius 1 is 0.741 bits per heavy atom. The number of hydrogen-bond acceptors (Lipinski definition) is 5. The van der Waals surface area contributed by atoms with Crippen molar-refractivity contribution in [3.05, 3.63) is 78.6 Å². The van der Waals surface area contributed by atoms with Gasteiger partial charge in [0.15, 0.2) is 0 Å². The molecule has 0 atom stereocenters. The third-order valence-corrected chi connectivity index (χ3v) is 4.38. The van der Waals surface area contributed by atoms with Crippen LogP contribution < -0.4 is 10.6 Å². The van der Waals surface area contributed by atoms with Crippen LogP contribution in [0.5, 0.6) is 0 Å². The number of rotatable bonds is 5. The van der Waals surface area contributed by atoms with Gasteiger partial charge in [0.2, 0.25) is 5.95 Å². The Hall–Kier alpha value is -3.47. The highest BCUT2D eigenvalue weighted by Gasteiger charge is 2.08. The molecular formula is C22H21N5. The van der Waals surface area contributed by atoms with Gasteiger partial charge in [-0.05, 0) is 35.7 Å². The van der Waals surface area contributed by atoms with Gasteiger partial charge < -0.3 is 10.6 Å². The van der Waals surface area contributed by atoms with E-state index < -0.39 is 0 Å². The van der Waals surface area contributed by atoms with E-state index in [1.807, 2.05) is 42.5 Å². The van der Waals surface area contributed by atoms with Crippen molar-refractivity contribution in [2.45, 2.75) is 19.8 Å². The molecule has 0 radical (unpaired) electrons. The number of para-hydroxylation sites is 2. The van der Waals surface area contributed by atoms with E-state index >= 15 is 0 Å². The van der Waals surface area contributed by atoms with E-state index in [-0.39, 0.29) is 0 Å². The fourth-order valence-corrected chi connectivity index (χ4v) is 3.07. The van der Waals surface area contributed by atoms with E-state index in [1.54, 1.807) is 12.4 Å². The van der Waals surface area contributed by atoms with Gasteiger partial charge in [-0.1, -0.05) is 50.2 Å². The van der Waals surface area contributed by atoms with Crippen LogP contribution in [0.25, 0.3) is 10.9 Å². The lowest BCUT2D eigenvalue weighted by molar-refractivity contribution is 0.869. The molecule has 0 aliphatic rings. The van der Waals surface area contributed by atoms with Gasteiger partial charge in [0.25, 0.3) is 0 Å². The van der Waals surface area contributed by atoms with Gasteiger partial charge in [0.05, 0.1) is 11.2 Å². The van der Waals surface area contributed by atoms with Crippen LogP contribution in [0.15, 0.2) is 73.1 Å². The number of pyridine rings is 1. The second-order valence-corrected chi connectivity index (χ2v) is 6.64. The summed E-state index contributed by atoms with van der Waals surface area (Å²) in [7, 11) is 0. The third kappa shape index (κ3) is 3.72. The molecule has 0 saturated heterocycles. The van der Waals surface area contributed by atoms with Crippen LogP contribution in [0.3, 0.4) is 0 Å². The quantitative estimate of drug-likeness (QED) is 0.485. The van der Waals surface area contributed by atoms with Crippen LogP contribution in [-0.4, -0.2) is 15.0 Å². The largest absolute Gasteiger partial charge is 0.340 e. The van der Waals surface area contributed by atoms with E-state index in [2.05, 4.69) is 57.6 Å². The lowest BCUT2D eigenvalue weighted by Gasteiger charge is -2.14. The van der Waals surface area contributed by atoms with Crippen LogP contribution in [0, 0.1) is 0 Å². The highest BCUT2D eigenvalue weighted by Crippen LogP contribution is 2.27. The molecule has 0 aliphatic heterocycles. The topological polar surface area (TPSA) is 62.7 Å². The minimum atomic E-state index is 0.426. The molecule has 2 heterocycles. The fraction of sp³-hybridized carbons (Fsp3) is 0.136. The molecule has 2 aromatic heterocycles. The molecule has 2 aromatic carbocycles. The number of hydrogen-bond donors (Lipinski definition) is 2. The first-order valence-electron chi connectivity index (χ1n) is 9.00. The van der Waals surface area contributed by atoms with E-state index in [0.717, 1.165) is 28.1 Å². The van der Waals surface area contributed by atoms with Crippen LogP contribution in [0.4, 0.5) is 23.1 Å². The van der Waals surface area contributed by atoms with Gasteiger partial charge >= 0.3 is 0 Å². The summed E-state index contributed by atoms with van der Waals surface area (Å²) in [4.78, 5) is 13.4. The summed E-state index contributed by atoms with van der Waals surface area (Å²) in [6, 6.07) is 20.1. The first kappa shape index (κ1) is 17.0. The first-order valence-corrected chi connectivity index (χ1v) is 9.00. The van der Waals surface area contributed by atoms with E-state index in [1.165, 1.54) is 5.56 Å². The minimum absolute atomic E-state index is 0.426. The molecule has 0 saturated carbocycles. The molecule has 134 valence electrons. The molecule has 27 heavy (non-hydrogen) atoms. The maximum atomic E-state index is 4.61. The highest BCUT2D eigenvalue weighted by molar-refractivity contribution is 5.91. The Bertz CT molecular complexity index is 1070. The van der Waals surface area contributed by atoms with Crippen LogP contribution in [0.2, 0.25) is 0 Å². The normalized spacial score (nSPS) is 10.9. The molecule has 2 N–H and O–H groups in total. The standard InChI is InChI=1S/C22H21N5/c1-15(2)17-9-3-4-10-18(17)25-20-12-14-24-22(27-20)26-19-11-5-7-16-8-6-13-23-21(16)19/h3-15H,1-2H3,(H2,24,25,26,27). The Morgan fingerprint density at radius 3 is 2.44 bits per heavy atom. The zero-order chi connectivity index (χ0) is 18.6. The monoisotopic (exact) mass is 355 g/mol. The van der Waals surface area contributed by atoms with Gasteiger partial charge in [-0.2, -0.15) is 4.98 Å². The summed E-state index contributed by atoms with van der Waals surface area (Å²) in [5, 5.41) is 7.77. The molecule has 0 aliphatic carbocycles. The van der Waals surface area contributed by atoms with Crippen molar-refractivity contribution in [3.63, 3.8) is 0 Å². The Balaban J connectivity index is 1.62. The van der Waals surface area contributed by atoms with Gasteiger partial charge in [-0.25, -0.2) is 4.98 Å². The average Bonchev–Trinajstić information content (AvgIpc) is 2.69. The van der Waals surface area contributed by atoms with Crippen molar-refractivity contribution < 1.29 is 0 Å². The summed E-state index contributed by atoms with van der Waals surface area (Å²) in [6.45, 7) is 4.36. The van der Waals surface area contributed by atoms with Crippen molar-refractivity contribution in [2.24, 2.45) is 0 Å². The second kappa shape index (κ2) is 7.41. The molecule has 5 nitrogen and oxygen atoms in total. The predicted octanol–water partition coefficient (Wildman–Crippen LogP) is 5.64.